The number of H-pyrrole nitrogens is 1. The number of aliphatic hydroxyl groups is 1. The third-order valence-corrected chi connectivity index (χ3v) is 8.88. The monoisotopic (exact) mass is 549 g/mol. The summed E-state index contributed by atoms with van der Waals surface area (Å²) in [5.74, 6) is 0.669. The minimum absolute atomic E-state index is 0.266. The summed E-state index contributed by atoms with van der Waals surface area (Å²) in [6.07, 6.45) is 10.1. The first-order chi connectivity index (χ1) is 20.0. The number of pyridine rings is 3. The summed E-state index contributed by atoms with van der Waals surface area (Å²) in [5, 5.41) is 24.8. The molecule has 3 unspecified atom stereocenters. The zero-order chi connectivity index (χ0) is 27.7. The van der Waals surface area contributed by atoms with Crippen molar-refractivity contribution < 1.29 is 9.50 Å². The Labute approximate surface area is 235 Å². The number of hydrogen-bond donors (Lipinski definition) is 2. The standard InChI is InChI=1S/C30H28FN9O/c31-27-12-35-30-26(27)5-18(9-34-30)13-39-22-6-23(39)15-38(14-22)28-2-1-19(10-33-28)25-7-21(37-4-3-24(41)17-37)16-40-29(25)20(8-32)11-36-40/h1-2,5,7,9-12,16,22-24,41H,3-4,6,13-15,17H2,(H,34,35). The molecule has 2 bridgehead atoms. The molecule has 0 aromatic carbocycles. The molecular formula is C30H28FN9O. The lowest BCUT2D eigenvalue weighted by atomic mass is 9.87. The van der Waals surface area contributed by atoms with Crippen molar-refractivity contribution in [3.63, 3.8) is 0 Å². The molecule has 11 heteroatoms. The van der Waals surface area contributed by atoms with Crippen molar-refractivity contribution >= 4 is 28.1 Å². The number of piperidine rings is 1. The Bertz CT molecular complexity index is 1810. The topological polar surface area (TPSA) is 113 Å². The Morgan fingerprint density at radius 2 is 1.95 bits per heavy atom. The van der Waals surface area contributed by atoms with E-state index in [1.165, 1.54) is 6.20 Å². The van der Waals surface area contributed by atoms with E-state index in [1.807, 2.05) is 24.7 Å². The van der Waals surface area contributed by atoms with E-state index in [9.17, 15) is 14.8 Å². The van der Waals surface area contributed by atoms with Crippen LogP contribution in [0.5, 0.6) is 0 Å². The molecule has 0 amide bonds. The van der Waals surface area contributed by atoms with E-state index in [-0.39, 0.29) is 11.9 Å². The van der Waals surface area contributed by atoms with Gasteiger partial charge in [0.2, 0.25) is 0 Å². The van der Waals surface area contributed by atoms with Gasteiger partial charge >= 0.3 is 0 Å². The Kier molecular flexibility index (Phi) is 5.48. The molecule has 0 radical (unpaired) electrons. The number of rotatable bonds is 5. The van der Waals surface area contributed by atoms with Crippen molar-refractivity contribution in [2.45, 2.75) is 37.6 Å². The van der Waals surface area contributed by atoms with Gasteiger partial charge in [0.25, 0.3) is 0 Å². The highest BCUT2D eigenvalue weighted by Gasteiger charge is 2.44. The molecule has 4 aliphatic heterocycles. The van der Waals surface area contributed by atoms with E-state index in [0.717, 1.165) is 72.7 Å². The fourth-order valence-electron chi connectivity index (χ4n) is 6.74. The minimum atomic E-state index is -0.336. The summed E-state index contributed by atoms with van der Waals surface area (Å²) in [6, 6.07) is 11.2. The van der Waals surface area contributed by atoms with Gasteiger partial charge in [-0.3, -0.25) is 4.90 Å². The summed E-state index contributed by atoms with van der Waals surface area (Å²) >= 11 is 0. The molecule has 9 rings (SSSR count). The third kappa shape index (κ3) is 4.02. The van der Waals surface area contributed by atoms with Gasteiger partial charge < -0.3 is 19.9 Å². The lowest BCUT2D eigenvalue weighted by Gasteiger charge is -2.56. The number of nitrogens with zero attached hydrogens (tertiary/aromatic N) is 8. The van der Waals surface area contributed by atoms with Gasteiger partial charge in [-0.15, -0.1) is 0 Å². The van der Waals surface area contributed by atoms with Gasteiger partial charge in [0.15, 0.2) is 0 Å². The number of nitrogens with one attached hydrogen (secondary N) is 1. The molecule has 41 heavy (non-hydrogen) atoms. The van der Waals surface area contributed by atoms with E-state index in [0.29, 0.717) is 35.2 Å². The third-order valence-electron chi connectivity index (χ3n) is 8.88. The number of hydrogen-bond acceptors (Lipinski definition) is 8. The highest BCUT2D eigenvalue weighted by Crippen LogP contribution is 2.37. The Morgan fingerprint density at radius 3 is 2.71 bits per heavy atom. The molecule has 5 aromatic heterocycles. The smallest absolute Gasteiger partial charge is 0.150 e. The Balaban J connectivity index is 1.02. The first-order valence-corrected chi connectivity index (χ1v) is 14.0. The van der Waals surface area contributed by atoms with Crippen LogP contribution in [0.4, 0.5) is 15.9 Å². The number of anilines is 2. The average Bonchev–Trinajstić information content (AvgIpc) is 3.73. The van der Waals surface area contributed by atoms with Crippen molar-refractivity contribution in [3.8, 4) is 17.2 Å². The summed E-state index contributed by atoms with van der Waals surface area (Å²) in [5.41, 5.74) is 5.65. The highest BCUT2D eigenvalue weighted by molar-refractivity contribution is 5.86. The molecule has 5 aromatic rings. The lowest BCUT2D eigenvalue weighted by molar-refractivity contribution is -0.00872. The van der Waals surface area contributed by atoms with Gasteiger partial charge in [-0.05, 0) is 42.7 Å². The largest absolute Gasteiger partial charge is 0.391 e. The van der Waals surface area contributed by atoms with E-state index in [1.54, 1.807) is 10.7 Å². The van der Waals surface area contributed by atoms with Crippen LogP contribution >= 0.6 is 0 Å². The molecule has 4 saturated heterocycles. The van der Waals surface area contributed by atoms with Crippen molar-refractivity contribution in [3.05, 3.63) is 72.2 Å². The molecule has 4 aliphatic rings. The van der Waals surface area contributed by atoms with E-state index in [2.05, 4.69) is 54.0 Å². The Hall–Kier alpha value is -4.53. The van der Waals surface area contributed by atoms with E-state index in [4.69, 9.17) is 4.98 Å². The second kappa shape index (κ2) is 9.26. The molecule has 4 fully saturated rings. The van der Waals surface area contributed by atoms with Gasteiger partial charge in [-0.25, -0.2) is 18.9 Å². The molecule has 10 nitrogen and oxygen atoms in total. The maximum Gasteiger partial charge on any atom is 0.150 e. The quantitative estimate of drug-likeness (QED) is 0.344. The fraction of sp³-hybridized carbons (Fsp3) is 0.333. The fourth-order valence-corrected chi connectivity index (χ4v) is 6.74. The molecule has 0 saturated carbocycles. The summed E-state index contributed by atoms with van der Waals surface area (Å²) < 4.78 is 15.8. The Morgan fingerprint density at radius 1 is 1.07 bits per heavy atom. The first kappa shape index (κ1) is 24.3. The number of aromatic nitrogens is 5. The summed E-state index contributed by atoms with van der Waals surface area (Å²) in [4.78, 5) is 19.1. The molecule has 206 valence electrons. The van der Waals surface area contributed by atoms with Gasteiger partial charge in [0.1, 0.15) is 23.4 Å². The molecule has 0 spiro atoms. The van der Waals surface area contributed by atoms with Crippen molar-refractivity contribution in [2.24, 2.45) is 0 Å². The predicted octanol–water partition coefficient (Wildman–Crippen LogP) is 3.32. The van der Waals surface area contributed by atoms with Gasteiger partial charge in [-0.1, -0.05) is 0 Å². The molecule has 3 atom stereocenters. The molecular weight excluding hydrogens is 521 g/mol. The van der Waals surface area contributed by atoms with Gasteiger partial charge in [0.05, 0.1) is 40.7 Å². The van der Waals surface area contributed by atoms with Crippen LogP contribution in [-0.2, 0) is 6.54 Å². The number of nitriles is 1. The van der Waals surface area contributed by atoms with Crippen molar-refractivity contribution in [1.82, 2.24) is 29.5 Å². The first-order valence-electron chi connectivity index (χ1n) is 14.0. The highest BCUT2D eigenvalue weighted by atomic mass is 19.1. The SMILES string of the molecule is N#Cc1cnn2cc(N3CCC(O)C3)cc(-c3ccc(N4CC5CC(C4)N5Cc4cnc5[nH]cc(F)c5c4)nc3)c12. The van der Waals surface area contributed by atoms with Crippen LogP contribution in [0.3, 0.4) is 0 Å². The van der Waals surface area contributed by atoms with Gasteiger partial charge in [-0.2, -0.15) is 10.4 Å². The molecule has 0 aliphatic carbocycles. The predicted molar refractivity (Wildman–Crippen MR) is 152 cm³/mol. The minimum Gasteiger partial charge on any atom is -0.391 e. The van der Waals surface area contributed by atoms with Crippen LogP contribution in [0, 0.1) is 17.1 Å². The number of halogens is 1. The van der Waals surface area contributed by atoms with Crippen LogP contribution in [0.2, 0.25) is 0 Å². The summed E-state index contributed by atoms with van der Waals surface area (Å²) in [6.45, 7) is 3.88. The number of aliphatic hydroxyl groups excluding tert-OH is 1. The molecule has 9 heterocycles. The zero-order valence-corrected chi connectivity index (χ0v) is 22.3. The normalized spacial score (nSPS) is 22.4. The maximum absolute atomic E-state index is 14.0. The van der Waals surface area contributed by atoms with Crippen molar-refractivity contribution in [1.29, 1.82) is 5.26 Å². The van der Waals surface area contributed by atoms with Crippen LogP contribution in [0.25, 0.3) is 27.7 Å². The second-order valence-corrected chi connectivity index (χ2v) is 11.4. The van der Waals surface area contributed by atoms with Gasteiger partial charge in [0, 0.05) is 74.5 Å². The van der Waals surface area contributed by atoms with Crippen molar-refractivity contribution in [2.75, 3.05) is 36.0 Å². The average molecular weight is 550 g/mol. The number of piperazine rings is 1. The second-order valence-electron chi connectivity index (χ2n) is 11.4. The molecule has 2 N–H and O–H groups in total. The number of fused-ring (bicyclic) bond motifs is 4. The van der Waals surface area contributed by atoms with Crippen LogP contribution in [0.15, 0.2) is 55.2 Å². The maximum atomic E-state index is 14.0. The van der Waals surface area contributed by atoms with Crippen LogP contribution < -0.4 is 9.80 Å². The van der Waals surface area contributed by atoms with E-state index < -0.39 is 0 Å². The van der Waals surface area contributed by atoms with E-state index >= 15 is 0 Å². The van der Waals surface area contributed by atoms with Crippen LogP contribution in [-0.4, -0.2) is 78.9 Å². The lowest BCUT2D eigenvalue weighted by Crippen LogP contribution is -2.68. The number of aromatic amines is 1. The summed E-state index contributed by atoms with van der Waals surface area (Å²) in [7, 11) is 0. The zero-order valence-electron chi connectivity index (χ0n) is 22.3. The van der Waals surface area contributed by atoms with Crippen LogP contribution in [0.1, 0.15) is 24.0 Å². The number of β-amino-alcohol motifs (C(OH)–C–C–N with tert-alkyl or cyclic N) is 1.